The van der Waals surface area contributed by atoms with Gasteiger partial charge in [0.1, 0.15) is 0 Å². The number of nitrogens with zero attached hydrogens (tertiary/aromatic N) is 1. The number of carbonyl (C=O) groups is 1. The first-order valence-corrected chi connectivity index (χ1v) is 9.99. The molecule has 0 radical (unpaired) electrons. The van der Waals surface area contributed by atoms with Crippen LogP contribution in [0.15, 0.2) is 42.5 Å². The SMILES string of the molecule is COC(/C=C/C1CCCC(=O)N1CCCCCCN)Cc1ccccc1. The van der Waals surface area contributed by atoms with Gasteiger partial charge in [0.15, 0.2) is 0 Å². The summed E-state index contributed by atoms with van der Waals surface area (Å²) in [7, 11) is 1.75. The summed E-state index contributed by atoms with van der Waals surface area (Å²) in [6.45, 7) is 1.61. The number of nitrogens with two attached hydrogens (primary N) is 1. The van der Waals surface area contributed by atoms with Gasteiger partial charge in [-0.05, 0) is 37.8 Å². The van der Waals surface area contributed by atoms with Crippen LogP contribution in [-0.2, 0) is 16.0 Å². The number of hydrogen-bond donors (Lipinski definition) is 1. The number of rotatable bonds is 11. The van der Waals surface area contributed by atoms with Gasteiger partial charge in [0.25, 0.3) is 0 Å². The number of methoxy groups -OCH3 is 1. The van der Waals surface area contributed by atoms with Crippen LogP contribution in [-0.4, -0.2) is 43.2 Å². The van der Waals surface area contributed by atoms with Crippen molar-refractivity contribution < 1.29 is 9.53 Å². The van der Waals surface area contributed by atoms with Crippen molar-refractivity contribution in [2.24, 2.45) is 5.73 Å². The number of likely N-dealkylation sites (tertiary alicyclic amines) is 1. The van der Waals surface area contributed by atoms with Gasteiger partial charge < -0.3 is 15.4 Å². The van der Waals surface area contributed by atoms with Crippen LogP contribution in [0, 0.1) is 0 Å². The number of benzene rings is 1. The van der Waals surface area contributed by atoms with E-state index >= 15 is 0 Å². The Bertz CT molecular complexity index is 544. The second-order valence-electron chi connectivity index (χ2n) is 7.10. The Hall–Kier alpha value is -1.65. The molecule has 1 saturated heterocycles. The van der Waals surface area contributed by atoms with Gasteiger partial charge in [0.2, 0.25) is 5.91 Å². The Morgan fingerprint density at radius 2 is 2.00 bits per heavy atom. The normalized spacial score (nSPS) is 19.2. The van der Waals surface area contributed by atoms with Crippen molar-refractivity contribution in [3.05, 3.63) is 48.0 Å². The molecule has 4 heteroatoms. The third-order valence-corrected chi connectivity index (χ3v) is 5.09. The summed E-state index contributed by atoms with van der Waals surface area (Å²) in [6.07, 6.45) is 12.4. The molecule has 1 fully saturated rings. The van der Waals surface area contributed by atoms with Gasteiger partial charge in [0.05, 0.1) is 12.1 Å². The molecule has 1 aliphatic rings. The second-order valence-corrected chi connectivity index (χ2v) is 7.10. The average Bonchev–Trinajstić information content (AvgIpc) is 2.67. The van der Waals surface area contributed by atoms with Crippen LogP contribution in [0.2, 0.25) is 0 Å². The highest BCUT2D eigenvalue weighted by Crippen LogP contribution is 2.21. The smallest absolute Gasteiger partial charge is 0.223 e. The quantitative estimate of drug-likeness (QED) is 0.485. The van der Waals surface area contributed by atoms with Crippen molar-refractivity contribution in [3.63, 3.8) is 0 Å². The molecule has 0 saturated carbocycles. The van der Waals surface area contributed by atoms with Crippen LogP contribution >= 0.6 is 0 Å². The first-order chi connectivity index (χ1) is 12.7. The maximum Gasteiger partial charge on any atom is 0.223 e. The lowest BCUT2D eigenvalue weighted by atomic mass is 9.99. The van der Waals surface area contributed by atoms with Crippen LogP contribution in [0.4, 0.5) is 0 Å². The molecular formula is C22H34N2O2. The molecule has 0 bridgehead atoms. The van der Waals surface area contributed by atoms with Gasteiger partial charge in [-0.15, -0.1) is 0 Å². The monoisotopic (exact) mass is 358 g/mol. The number of hydrogen-bond acceptors (Lipinski definition) is 3. The van der Waals surface area contributed by atoms with Gasteiger partial charge in [-0.1, -0.05) is 55.3 Å². The summed E-state index contributed by atoms with van der Waals surface area (Å²) < 4.78 is 5.63. The fraction of sp³-hybridized carbons (Fsp3) is 0.591. The van der Waals surface area contributed by atoms with E-state index in [1.807, 2.05) is 6.07 Å². The summed E-state index contributed by atoms with van der Waals surface area (Å²) in [5.74, 6) is 0.293. The topological polar surface area (TPSA) is 55.6 Å². The van der Waals surface area contributed by atoms with E-state index in [2.05, 4.69) is 41.3 Å². The highest BCUT2D eigenvalue weighted by atomic mass is 16.5. The number of unbranched alkanes of at least 4 members (excludes halogenated alkanes) is 3. The highest BCUT2D eigenvalue weighted by molar-refractivity contribution is 5.77. The molecule has 144 valence electrons. The molecule has 2 atom stereocenters. The van der Waals surface area contributed by atoms with E-state index in [9.17, 15) is 4.79 Å². The summed E-state index contributed by atoms with van der Waals surface area (Å²) in [5, 5.41) is 0. The van der Waals surface area contributed by atoms with E-state index in [1.54, 1.807) is 7.11 Å². The number of amides is 1. The summed E-state index contributed by atoms with van der Waals surface area (Å²) in [6, 6.07) is 10.6. The lowest BCUT2D eigenvalue weighted by Gasteiger charge is -2.34. The lowest BCUT2D eigenvalue weighted by Crippen LogP contribution is -2.43. The van der Waals surface area contributed by atoms with Gasteiger partial charge in [-0.25, -0.2) is 0 Å². The summed E-state index contributed by atoms with van der Waals surface area (Å²) >= 11 is 0. The van der Waals surface area contributed by atoms with Crippen LogP contribution in [0.3, 0.4) is 0 Å². The molecule has 0 aromatic heterocycles. The molecule has 1 heterocycles. The van der Waals surface area contributed by atoms with Crippen molar-refractivity contribution >= 4 is 5.91 Å². The fourth-order valence-electron chi connectivity index (χ4n) is 3.55. The third kappa shape index (κ3) is 6.93. The van der Waals surface area contributed by atoms with Crippen molar-refractivity contribution in [2.75, 3.05) is 20.2 Å². The average molecular weight is 359 g/mol. The van der Waals surface area contributed by atoms with E-state index in [0.29, 0.717) is 12.3 Å². The second kappa shape index (κ2) is 11.9. The van der Waals surface area contributed by atoms with Crippen LogP contribution < -0.4 is 5.73 Å². The van der Waals surface area contributed by atoms with Crippen LogP contribution in [0.5, 0.6) is 0 Å². The predicted molar refractivity (Wildman–Crippen MR) is 107 cm³/mol. The summed E-state index contributed by atoms with van der Waals surface area (Å²) in [4.78, 5) is 14.4. The first-order valence-electron chi connectivity index (χ1n) is 9.99. The van der Waals surface area contributed by atoms with Crippen molar-refractivity contribution in [2.45, 2.75) is 63.5 Å². The highest BCUT2D eigenvalue weighted by Gasteiger charge is 2.25. The first kappa shape index (κ1) is 20.7. The Balaban J connectivity index is 1.89. The van der Waals surface area contributed by atoms with Gasteiger partial charge in [-0.3, -0.25) is 4.79 Å². The summed E-state index contributed by atoms with van der Waals surface area (Å²) in [5.41, 5.74) is 6.81. The molecular weight excluding hydrogens is 324 g/mol. The minimum Gasteiger partial charge on any atom is -0.377 e. The Morgan fingerprint density at radius 1 is 1.23 bits per heavy atom. The van der Waals surface area contributed by atoms with E-state index in [-0.39, 0.29) is 12.1 Å². The Morgan fingerprint density at radius 3 is 2.73 bits per heavy atom. The fourth-order valence-corrected chi connectivity index (χ4v) is 3.55. The molecule has 0 aliphatic carbocycles. The Labute approximate surface area is 158 Å². The number of piperidine rings is 1. The van der Waals surface area contributed by atoms with E-state index in [1.165, 1.54) is 5.56 Å². The standard InChI is InChI=1S/C22H34N2O2/c1-26-21(18-19-10-5-4-6-11-19)15-14-20-12-9-13-22(25)24(20)17-8-3-2-7-16-23/h4-6,10-11,14-15,20-21H,2-3,7-9,12-13,16-18,23H2,1H3/b15-14+. The van der Waals surface area contributed by atoms with E-state index < -0.39 is 0 Å². The number of carbonyl (C=O) groups excluding carboxylic acids is 1. The molecule has 4 nitrogen and oxygen atoms in total. The molecule has 2 unspecified atom stereocenters. The van der Waals surface area contributed by atoms with Crippen molar-refractivity contribution in [3.8, 4) is 0 Å². The van der Waals surface area contributed by atoms with Gasteiger partial charge in [-0.2, -0.15) is 0 Å². The minimum absolute atomic E-state index is 0.0424. The van der Waals surface area contributed by atoms with Gasteiger partial charge >= 0.3 is 0 Å². The molecule has 1 amide bonds. The minimum atomic E-state index is 0.0424. The zero-order chi connectivity index (χ0) is 18.6. The lowest BCUT2D eigenvalue weighted by molar-refractivity contribution is -0.135. The Kier molecular flexibility index (Phi) is 9.43. The van der Waals surface area contributed by atoms with Crippen molar-refractivity contribution in [1.29, 1.82) is 0 Å². The molecule has 1 aromatic carbocycles. The maximum absolute atomic E-state index is 12.4. The maximum atomic E-state index is 12.4. The van der Waals surface area contributed by atoms with Crippen molar-refractivity contribution in [1.82, 2.24) is 4.90 Å². The van der Waals surface area contributed by atoms with Crippen LogP contribution in [0.25, 0.3) is 0 Å². The molecule has 1 aromatic rings. The van der Waals surface area contributed by atoms with E-state index in [0.717, 1.165) is 58.0 Å². The van der Waals surface area contributed by atoms with Gasteiger partial charge in [0, 0.05) is 26.5 Å². The zero-order valence-electron chi connectivity index (χ0n) is 16.1. The predicted octanol–water partition coefficient (Wildman–Crippen LogP) is 3.70. The van der Waals surface area contributed by atoms with E-state index in [4.69, 9.17) is 10.5 Å². The zero-order valence-corrected chi connectivity index (χ0v) is 16.1. The third-order valence-electron chi connectivity index (χ3n) is 5.09. The molecule has 2 N–H and O–H groups in total. The van der Waals surface area contributed by atoms with Crippen LogP contribution in [0.1, 0.15) is 50.5 Å². The molecule has 0 spiro atoms. The molecule has 26 heavy (non-hydrogen) atoms. The molecule has 2 rings (SSSR count). The molecule has 1 aliphatic heterocycles. The number of ether oxygens (including phenoxy) is 1. The largest absolute Gasteiger partial charge is 0.377 e.